The summed E-state index contributed by atoms with van der Waals surface area (Å²) in [6.07, 6.45) is 6.63. The third-order valence-corrected chi connectivity index (χ3v) is 5.36. The summed E-state index contributed by atoms with van der Waals surface area (Å²) in [4.78, 5) is 8.70. The first-order valence-corrected chi connectivity index (χ1v) is 9.60. The Bertz CT molecular complexity index is 1090. The largest absolute Gasteiger partial charge is 0.404 e. The Morgan fingerprint density at radius 3 is 2.53 bits per heavy atom. The van der Waals surface area contributed by atoms with Crippen LogP contribution in [0.3, 0.4) is 0 Å². The Morgan fingerprint density at radius 1 is 1.30 bits per heavy atom. The molecule has 0 bridgehead atoms. The zero-order valence-corrected chi connectivity index (χ0v) is 17.7. The lowest BCUT2D eigenvalue weighted by molar-refractivity contribution is 0.351. The normalized spacial score (nSPS) is 14.4. The lowest BCUT2D eigenvalue weighted by Crippen LogP contribution is -2.31. The van der Waals surface area contributed by atoms with Gasteiger partial charge in [-0.1, -0.05) is 49.8 Å². The lowest BCUT2D eigenvalue weighted by Gasteiger charge is -2.31. The van der Waals surface area contributed by atoms with Crippen molar-refractivity contribution in [2.45, 2.75) is 26.2 Å². The van der Waals surface area contributed by atoms with Crippen molar-refractivity contribution in [1.82, 2.24) is 19.9 Å². The van der Waals surface area contributed by atoms with E-state index in [0.717, 1.165) is 22.3 Å². The molecule has 0 aliphatic heterocycles. The number of nitrogens with two attached hydrogens (primary N) is 2. The van der Waals surface area contributed by atoms with Gasteiger partial charge in [0.05, 0.1) is 17.2 Å². The molecule has 0 unspecified atom stereocenters. The molecule has 0 amide bonds. The van der Waals surface area contributed by atoms with E-state index >= 15 is 0 Å². The number of aryl methyl sites for hydroxylation is 1. The Balaban J connectivity index is 1.96. The number of aromatic nitrogens is 4. The van der Waals surface area contributed by atoms with E-state index in [4.69, 9.17) is 16.0 Å². The molecular weight excluding hydrogens is 378 g/mol. The molecule has 2 aromatic heterocycles. The molecule has 0 fully saturated rings. The fourth-order valence-corrected chi connectivity index (χ4v) is 3.18. The molecule has 2 heterocycles. The summed E-state index contributed by atoms with van der Waals surface area (Å²) < 4.78 is 7.24. The van der Waals surface area contributed by atoms with Gasteiger partial charge in [0.15, 0.2) is 5.82 Å². The van der Waals surface area contributed by atoms with Crippen molar-refractivity contribution in [3.05, 3.63) is 72.2 Å². The fourth-order valence-electron chi connectivity index (χ4n) is 3.18. The summed E-state index contributed by atoms with van der Waals surface area (Å²) in [5, 5.41) is 8.46. The van der Waals surface area contributed by atoms with Crippen molar-refractivity contribution in [3.8, 4) is 11.5 Å². The van der Waals surface area contributed by atoms with E-state index in [0.29, 0.717) is 11.7 Å². The van der Waals surface area contributed by atoms with Crippen molar-refractivity contribution >= 4 is 11.8 Å². The second kappa shape index (κ2) is 8.36. The van der Waals surface area contributed by atoms with E-state index in [1.165, 1.54) is 6.20 Å². The summed E-state index contributed by atoms with van der Waals surface area (Å²) in [6.45, 7) is 9.95. The number of hydrogen-bond donors (Lipinski definition) is 2. The highest BCUT2D eigenvalue weighted by molar-refractivity contribution is 6.09. The van der Waals surface area contributed by atoms with Gasteiger partial charge < -0.3 is 16.0 Å². The van der Waals surface area contributed by atoms with E-state index < -0.39 is 5.41 Å². The highest BCUT2D eigenvalue weighted by Crippen LogP contribution is 2.38. The van der Waals surface area contributed by atoms with Crippen LogP contribution in [0.2, 0.25) is 0 Å². The van der Waals surface area contributed by atoms with Crippen molar-refractivity contribution in [3.63, 3.8) is 0 Å². The molecule has 8 nitrogen and oxygen atoms in total. The Kier molecular flexibility index (Phi) is 5.86. The van der Waals surface area contributed by atoms with Gasteiger partial charge in [-0.05, 0) is 24.0 Å². The molecule has 0 saturated heterocycles. The molecule has 0 radical (unpaired) electrons. The SMILES string of the molecule is C=C(N)N=C/C(=C\N)c1ccc([C@](C)(c2noc(-c3cnn(C)c3)n2)C(C)C)cc1. The first kappa shape index (κ1) is 21.0. The van der Waals surface area contributed by atoms with Gasteiger partial charge in [0.1, 0.15) is 5.82 Å². The van der Waals surface area contributed by atoms with E-state index in [9.17, 15) is 0 Å². The van der Waals surface area contributed by atoms with E-state index in [1.807, 2.05) is 37.5 Å². The van der Waals surface area contributed by atoms with Crippen molar-refractivity contribution < 1.29 is 4.52 Å². The molecule has 8 heteroatoms. The summed E-state index contributed by atoms with van der Waals surface area (Å²) in [7, 11) is 1.85. The minimum absolute atomic E-state index is 0.217. The number of benzene rings is 1. The molecule has 0 saturated carbocycles. The maximum atomic E-state index is 5.75. The molecule has 1 aromatic carbocycles. The maximum absolute atomic E-state index is 5.75. The summed E-state index contributed by atoms with van der Waals surface area (Å²) >= 11 is 0. The van der Waals surface area contributed by atoms with Crippen LogP contribution < -0.4 is 11.5 Å². The Labute approximate surface area is 176 Å². The average Bonchev–Trinajstić information content (AvgIpc) is 3.37. The second-order valence-electron chi connectivity index (χ2n) is 7.63. The van der Waals surface area contributed by atoms with Gasteiger partial charge in [-0.3, -0.25) is 4.68 Å². The Morgan fingerprint density at radius 2 is 2.00 bits per heavy atom. The van der Waals surface area contributed by atoms with Crippen molar-refractivity contribution in [2.24, 2.45) is 29.4 Å². The van der Waals surface area contributed by atoms with Crippen LogP contribution in [0.5, 0.6) is 0 Å². The second-order valence-corrected chi connectivity index (χ2v) is 7.63. The first-order valence-electron chi connectivity index (χ1n) is 9.60. The maximum Gasteiger partial charge on any atom is 0.261 e. The van der Waals surface area contributed by atoms with E-state index in [2.05, 4.69) is 47.6 Å². The highest BCUT2D eigenvalue weighted by atomic mass is 16.5. The van der Waals surface area contributed by atoms with Crippen LogP contribution in [0.4, 0.5) is 0 Å². The smallest absolute Gasteiger partial charge is 0.261 e. The molecule has 30 heavy (non-hydrogen) atoms. The van der Waals surface area contributed by atoms with Gasteiger partial charge in [-0.25, -0.2) is 4.99 Å². The number of aliphatic imine (C=N–C) groups is 1. The highest BCUT2D eigenvalue weighted by Gasteiger charge is 2.37. The fraction of sp³-hybridized carbons (Fsp3) is 0.273. The van der Waals surface area contributed by atoms with Gasteiger partial charge in [0.25, 0.3) is 5.89 Å². The van der Waals surface area contributed by atoms with Crippen LogP contribution in [0.15, 0.2) is 64.8 Å². The van der Waals surface area contributed by atoms with Crippen molar-refractivity contribution in [1.29, 1.82) is 0 Å². The predicted molar refractivity (Wildman–Crippen MR) is 118 cm³/mol. The van der Waals surface area contributed by atoms with Gasteiger partial charge in [-0.15, -0.1) is 0 Å². The standard InChI is InChI=1S/C22H27N7O/c1-14(2)22(4,21-27-20(30-28-21)18-12-26-29(5)13-18)19-8-6-16(7-9-19)17(10-23)11-25-15(3)24/h6-14H,3,23-24H2,1-2,4-5H3/b17-10+,25-11?/t22-/m1/s1. The van der Waals surface area contributed by atoms with Crippen LogP contribution in [0.1, 0.15) is 37.7 Å². The number of rotatable bonds is 7. The molecule has 156 valence electrons. The minimum atomic E-state index is -0.450. The van der Waals surface area contributed by atoms with Crippen molar-refractivity contribution in [2.75, 3.05) is 0 Å². The lowest BCUT2D eigenvalue weighted by atomic mass is 9.72. The number of nitrogens with zero attached hydrogens (tertiary/aromatic N) is 5. The quantitative estimate of drug-likeness (QED) is 0.582. The molecular formula is C22H27N7O. The van der Waals surface area contributed by atoms with Crippen LogP contribution in [0.25, 0.3) is 17.0 Å². The molecule has 4 N–H and O–H groups in total. The molecule has 0 spiro atoms. The van der Waals surface area contributed by atoms with Gasteiger partial charge in [0, 0.05) is 31.2 Å². The zero-order chi connectivity index (χ0) is 21.9. The number of allylic oxidation sites excluding steroid dienone is 1. The van der Waals surface area contributed by atoms with Gasteiger partial charge >= 0.3 is 0 Å². The van der Waals surface area contributed by atoms with Crippen LogP contribution in [-0.2, 0) is 12.5 Å². The van der Waals surface area contributed by atoms with Gasteiger partial charge in [-0.2, -0.15) is 10.1 Å². The summed E-state index contributed by atoms with van der Waals surface area (Å²) in [5.74, 6) is 1.52. The van der Waals surface area contributed by atoms with E-state index in [1.54, 1.807) is 17.1 Å². The van der Waals surface area contributed by atoms with Gasteiger partial charge in [0.2, 0.25) is 0 Å². The van der Waals surface area contributed by atoms with Crippen LogP contribution >= 0.6 is 0 Å². The van der Waals surface area contributed by atoms with E-state index in [-0.39, 0.29) is 11.7 Å². The summed E-state index contributed by atoms with van der Waals surface area (Å²) in [5.41, 5.74) is 14.3. The zero-order valence-electron chi connectivity index (χ0n) is 17.7. The molecule has 0 aliphatic rings. The Hall–Kier alpha value is -3.68. The summed E-state index contributed by atoms with van der Waals surface area (Å²) in [6, 6.07) is 8.07. The monoisotopic (exact) mass is 405 g/mol. The molecule has 3 rings (SSSR count). The topological polar surface area (TPSA) is 121 Å². The third-order valence-electron chi connectivity index (χ3n) is 5.36. The van der Waals surface area contributed by atoms with Crippen LogP contribution in [0, 0.1) is 5.92 Å². The predicted octanol–water partition coefficient (Wildman–Crippen LogP) is 3.23. The minimum Gasteiger partial charge on any atom is -0.404 e. The third kappa shape index (κ3) is 4.03. The number of hydrogen-bond acceptors (Lipinski definition) is 7. The average molecular weight is 406 g/mol. The first-order chi connectivity index (χ1) is 14.3. The molecule has 0 aliphatic carbocycles. The molecule has 3 aromatic rings. The van der Waals surface area contributed by atoms with Crippen LogP contribution in [-0.4, -0.2) is 26.1 Å². The molecule has 1 atom stereocenters.